The fourth-order valence-electron chi connectivity index (χ4n) is 1.43. The Bertz CT molecular complexity index is 508. The number of hydrogen-bond acceptors (Lipinski definition) is 4. The molecule has 0 fully saturated rings. The second-order valence-corrected chi connectivity index (χ2v) is 6.67. The summed E-state index contributed by atoms with van der Waals surface area (Å²) in [7, 11) is 3.30. The maximum Gasteiger partial charge on any atom is 0.107 e. The molecule has 5 heteroatoms. The fraction of sp³-hybridized carbons (Fsp3) is 0.267. The molecule has 1 aromatic carbocycles. The molecule has 0 saturated heterocycles. The Kier molecular flexibility index (Phi) is 9.02. The first-order chi connectivity index (χ1) is 9.79. The molecule has 2 aromatic rings. The van der Waals surface area contributed by atoms with E-state index in [0.717, 1.165) is 15.1 Å². The second-order valence-electron chi connectivity index (χ2n) is 3.56. The molecule has 0 aliphatic rings. The number of halogens is 1. The standard InChI is InChI=1S/C13H12BrNOS2.C2H6/c14-11-4-5-12(10(9-11)6-8-16)17-18-13-3-1-2-7-15-13;1-2/h1-5,7,9,16H,6,8H2;1-2H3. The number of aliphatic hydroxyl groups is 1. The smallest absolute Gasteiger partial charge is 0.107 e. The van der Waals surface area contributed by atoms with Crippen LogP contribution < -0.4 is 0 Å². The zero-order valence-electron chi connectivity index (χ0n) is 11.5. The van der Waals surface area contributed by atoms with Crippen molar-refractivity contribution in [3.63, 3.8) is 0 Å². The molecule has 20 heavy (non-hydrogen) atoms. The Morgan fingerprint density at radius 2 is 1.95 bits per heavy atom. The lowest BCUT2D eigenvalue weighted by atomic mass is 10.2. The molecule has 1 aromatic heterocycles. The summed E-state index contributed by atoms with van der Waals surface area (Å²) < 4.78 is 1.04. The zero-order chi connectivity index (χ0) is 14.8. The van der Waals surface area contributed by atoms with Crippen molar-refractivity contribution in [3.05, 3.63) is 52.6 Å². The maximum atomic E-state index is 9.08. The summed E-state index contributed by atoms with van der Waals surface area (Å²) in [5.74, 6) is 0. The molecule has 0 unspecified atom stereocenters. The van der Waals surface area contributed by atoms with Gasteiger partial charge in [-0.1, -0.05) is 46.6 Å². The van der Waals surface area contributed by atoms with Crippen molar-refractivity contribution in [3.8, 4) is 0 Å². The lowest BCUT2D eigenvalue weighted by Crippen LogP contribution is -1.92. The van der Waals surface area contributed by atoms with E-state index in [1.54, 1.807) is 27.8 Å². The molecule has 0 bridgehead atoms. The third-order valence-corrected chi connectivity index (χ3v) is 5.13. The van der Waals surface area contributed by atoms with E-state index in [0.29, 0.717) is 6.42 Å². The molecule has 0 radical (unpaired) electrons. The molecule has 2 nitrogen and oxygen atoms in total. The van der Waals surface area contributed by atoms with Gasteiger partial charge in [0.1, 0.15) is 5.03 Å². The Balaban J connectivity index is 0.000000956. The third kappa shape index (κ3) is 5.87. The molecule has 0 amide bonds. The Hall–Kier alpha value is -0.490. The van der Waals surface area contributed by atoms with E-state index >= 15 is 0 Å². The van der Waals surface area contributed by atoms with Crippen LogP contribution in [0.2, 0.25) is 0 Å². The van der Waals surface area contributed by atoms with Crippen molar-refractivity contribution in [2.45, 2.75) is 30.2 Å². The summed E-state index contributed by atoms with van der Waals surface area (Å²) in [5, 5.41) is 10.1. The predicted octanol–water partition coefficient (Wildman–Crippen LogP) is 5.20. The minimum absolute atomic E-state index is 0.165. The van der Waals surface area contributed by atoms with Gasteiger partial charge < -0.3 is 5.11 Å². The lowest BCUT2D eigenvalue weighted by Gasteiger charge is -2.07. The highest BCUT2D eigenvalue weighted by molar-refractivity contribution is 9.10. The van der Waals surface area contributed by atoms with Gasteiger partial charge in [0.25, 0.3) is 0 Å². The van der Waals surface area contributed by atoms with Crippen LogP contribution in [0.3, 0.4) is 0 Å². The van der Waals surface area contributed by atoms with E-state index in [4.69, 9.17) is 5.11 Å². The maximum absolute atomic E-state index is 9.08. The van der Waals surface area contributed by atoms with Crippen LogP contribution in [0.1, 0.15) is 19.4 Å². The topological polar surface area (TPSA) is 33.1 Å². The van der Waals surface area contributed by atoms with E-state index in [1.165, 1.54) is 4.90 Å². The van der Waals surface area contributed by atoms with Crippen molar-refractivity contribution < 1.29 is 5.11 Å². The highest BCUT2D eigenvalue weighted by Gasteiger charge is 2.05. The second kappa shape index (κ2) is 10.3. The molecule has 108 valence electrons. The van der Waals surface area contributed by atoms with Crippen LogP contribution in [-0.2, 0) is 6.42 Å². The summed E-state index contributed by atoms with van der Waals surface area (Å²) in [6.45, 7) is 4.16. The van der Waals surface area contributed by atoms with Gasteiger partial charge in [0.2, 0.25) is 0 Å². The van der Waals surface area contributed by atoms with Crippen LogP contribution in [-0.4, -0.2) is 16.7 Å². The number of pyridine rings is 1. The van der Waals surface area contributed by atoms with Crippen molar-refractivity contribution in [1.82, 2.24) is 4.98 Å². The number of benzene rings is 1. The summed E-state index contributed by atoms with van der Waals surface area (Å²) in [6.07, 6.45) is 2.46. The first-order valence-electron chi connectivity index (χ1n) is 6.44. The molecule has 1 N–H and O–H groups in total. The Morgan fingerprint density at radius 1 is 1.15 bits per heavy atom. The van der Waals surface area contributed by atoms with Gasteiger partial charge in [0.15, 0.2) is 0 Å². The lowest BCUT2D eigenvalue weighted by molar-refractivity contribution is 0.299. The number of aliphatic hydroxyl groups excluding tert-OH is 1. The molecule has 0 aliphatic carbocycles. The van der Waals surface area contributed by atoms with Gasteiger partial charge in [-0.25, -0.2) is 4.98 Å². The van der Waals surface area contributed by atoms with Crippen LogP contribution in [0.5, 0.6) is 0 Å². The van der Waals surface area contributed by atoms with Gasteiger partial charge in [0, 0.05) is 22.2 Å². The van der Waals surface area contributed by atoms with Crippen LogP contribution in [0.15, 0.2) is 57.0 Å². The summed E-state index contributed by atoms with van der Waals surface area (Å²) in [5.41, 5.74) is 1.15. The minimum Gasteiger partial charge on any atom is -0.396 e. The van der Waals surface area contributed by atoms with Gasteiger partial charge >= 0.3 is 0 Å². The average molecular weight is 372 g/mol. The third-order valence-electron chi connectivity index (χ3n) is 2.26. The fourth-order valence-corrected chi connectivity index (χ4v) is 3.95. The van der Waals surface area contributed by atoms with Crippen molar-refractivity contribution in [2.24, 2.45) is 0 Å². The summed E-state index contributed by atoms with van der Waals surface area (Å²) >= 11 is 3.45. The van der Waals surface area contributed by atoms with E-state index in [2.05, 4.69) is 33.0 Å². The number of nitrogens with zero attached hydrogens (tertiary/aromatic N) is 1. The van der Waals surface area contributed by atoms with Crippen molar-refractivity contribution in [2.75, 3.05) is 6.61 Å². The van der Waals surface area contributed by atoms with E-state index in [-0.39, 0.29) is 6.61 Å². The van der Waals surface area contributed by atoms with Crippen LogP contribution in [0.4, 0.5) is 0 Å². The van der Waals surface area contributed by atoms with Gasteiger partial charge in [-0.05, 0) is 53.1 Å². The Labute approximate surface area is 136 Å². The van der Waals surface area contributed by atoms with Gasteiger partial charge in [-0.15, -0.1) is 0 Å². The van der Waals surface area contributed by atoms with Crippen LogP contribution in [0.25, 0.3) is 0 Å². The summed E-state index contributed by atoms with van der Waals surface area (Å²) in [4.78, 5) is 5.44. The van der Waals surface area contributed by atoms with Gasteiger partial charge in [-0.3, -0.25) is 0 Å². The Morgan fingerprint density at radius 3 is 2.60 bits per heavy atom. The van der Waals surface area contributed by atoms with Crippen LogP contribution >= 0.6 is 37.5 Å². The van der Waals surface area contributed by atoms with Crippen LogP contribution in [0, 0.1) is 0 Å². The molecular formula is C15H18BrNOS2. The predicted molar refractivity (Wildman–Crippen MR) is 92.2 cm³/mol. The molecule has 0 spiro atoms. The highest BCUT2D eigenvalue weighted by atomic mass is 79.9. The molecule has 1 heterocycles. The average Bonchev–Trinajstić information content (AvgIpc) is 2.50. The molecule has 0 saturated carbocycles. The number of hydrogen-bond donors (Lipinski definition) is 1. The zero-order valence-corrected chi connectivity index (χ0v) is 14.8. The monoisotopic (exact) mass is 371 g/mol. The van der Waals surface area contributed by atoms with Gasteiger partial charge in [0.05, 0.1) is 0 Å². The first kappa shape index (κ1) is 17.6. The molecule has 0 atom stereocenters. The van der Waals surface area contributed by atoms with Crippen molar-refractivity contribution >= 4 is 37.5 Å². The van der Waals surface area contributed by atoms with Gasteiger partial charge in [-0.2, -0.15) is 0 Å². The number of rotatable bonds is 5. The van der Waals surface area contributed by atoms with Crippen molar-refractivity contribution in [1.29, 1.82) is 0 Å². The molecule has 2 rings (SSSR count). The first-order valence-corrected chi connectivity index (χ1v) is 9.39. The molecule has 0 aliphatic heterocycles. The number of aromatic nitrogens is 1. The largest absolute Gasteiger partial charge is 0.396 e. The quantitative estimate of drug-likeness (QED) is 0.731. The minimum atomic E-state index is 0.165. The highest BCUT2D eigenvalue weighted by Crippen LogP contribution is 2.38. The normalized spacial score (nSPS) is 9.80. The van der Waals surface area contributed by atoms with E-state index < -0.39 is 0 Å². The summed E-state index contributed by atoms with van der Waals surface area (Å²) in [6, 6.07) is 12.0. The van der Waals surface area contributed by atoms with E-state index in [9.17, 15) is 0 Å². The SMILES string of the molecule is CC.OCCc1cc(Br)ccc1SSc1ccccn1. The van der Waals surface area contributed by atoms with E-state index in [1.807, 2.05) is 38.1 Å². The molecular weight excluding hydrogens is 354 g/mol.